The van der Waals surface area contributed by atoms with Gasteiger partial charge in [0, 0.05) is 10.8 Å². The lowest BCUT2D eigenvalue weighted by molar-refractivity contribution is -0.928. The predicted octanol–water partition coefficient (Wildman–Crippen LogP) is 2.58. The topological polar surface area (TPSA) is 33.5 Å². The summed E-state index contributed by atoms with van der Waals surface area (Å²) in [6.45, 7) is 1.79. The number of quaternary nitrogens is 1. The Labute approximate surface area is 137 Å². The highest BCUT2D eigenvalue weighted by molar-refractivity contribution is 7.98. The number of para-hydroxylation sites is 1. The second-order valence-corrected chi connectivity index (χ2v) is 7.47. The van der Waals surface area contributed by atoms with Crippen LogP contribution in [0.25, 0.3) is 0 Å². The molecule has 4 heteroatoms. The summed E-state index contributed by atoms with van der Waals surface area (Å²) in [7, 11) is 0. The number of benzene rings is 1. The van der Waals surface area contributed by atoms with Gasteiger partial charge >= 0.3 is 0 Å². The molecule has 1 heterocycles. The van der Waals surface area contributed by atoms with Gasteiger partial charge in [0.1, 0.15) is 0 Å². The van der Waals surface area contributed by atoms with Gasteiger partial charge in [-0.3, -0.25) is 4.79 Å². The van der Waals surface area contributed by atoms with E-state index in [4.69, 9.17) is 0 Å². The number of rotatable bonds is 4. The third-order valence-electron chi connectivity index (χ3n) is 5.27. The minimum absolute atomic E-state index is 0.169. The van der Waals surface area contributed by atoms with Crippen molar-refractivity contribution in [1.29, 1.82) is 0 Å². The van der Waals surface area contributed by atoms with Gasteiger partial charge in [0.05, 0.1) is 18.3 Å². The molecule has 1 saturated heterocycles. The van der Waals surface area contributed by atoms with E-state index < -0.39 is 0 Å². The summed E-state index contributed by atoms with van der Waals surface area (Å²) in [5.41, 5.74) is 0.955. The molecule has 1 unspecified atom stereocenters. The van der Waals surface area contributed by atoms with Gasteiger partial charge in [0.2, 0.25) is 0 Å². The van der Waals surface area contributed by atoms with Crippen LogP contribution in [0.3, 0.4) is 0 Å². The molecule has 2 aliphatic rings. The fraction of sp³-hybridized carbons (Fsp3) is 0.611. The summed E-state index contributed by atoms with van der Waals surface area (Å²) < 4.78 is 0. The van der Waals surface area contributed by atoms with Crippen LogP contribution in [0.5, 0.6) is 0 Å². The fourth-order valence-corrected chi connectivity index (χ4v) is 4.79. The molecule has 1 aromatic rings. The molecule has 1 amide bonds. The van der Waals surface area contributed by atoms with Crippen molar-refractivity contribution < 1.29 is 9.69 Å². The van der Waals surface area contributed by atoms with Crippen LogP contribution >= 0.6 is 11.8 Å². The van der Waals surface area contributed by atoms with E-state index in [1.54, 1.807) is 11.8 Å². The molecule has 1 aliphatic heterocycles. The predicted molar refractivity (Wildman–Crippen MR) is 92.5 cm³/mol. The molecule has 0 spiro atoms. The van der Waals surface area contributed by atoms with Gasteiger partial charge in [-0.1, -0.05) is 18.6 Å². The van der Waals surface area contributed by atoms with Crippen LogP contribution < -0.4 is 10.2 Å². The summed E-state index contributed by atoms with van der Waals surface area (Å²) in [6, 6.07) is 8.79. The molecule has 1 aromatic carbocycles. The first-order valence-electron chi connectivity index (χ1n) is 8.55. The highest BCUT2D eigenvalue weighted by Crippen LogP contribution is 2.28. The second-order valence-electron chi connectivity index (χ2n) is 6.63. The molecule has 1 aliphatic carbocycles. The largest absolute Gasteiger partial charge is 0.324 e. The van der Waals surface area contributed by atoms with Gasteiger partial charge in [-0.05, 0) is 50.5 Å². The molecule has 0 aromatic heterocycles. The van der Waals surface area contributed by atoms with Crippen LogP contribution in [0.1, 0.15) is 38.5 Å². The van der Waals surface area contributed by atoms with Gasteiger partial charge < -0.3 is 10.2 Å². The van der Waals surface area contributed by atoms with E-state index in [0.717, 1.165) is 22.5 Å². The van der Waals surface area contributed by atoms with Gasteiger partial charge in [-0.2, -0.15) is 0 Å². The summed E-state index contributed by atoms with van der Waals surface area (Å²) >= 11 is 1.68. The molecule has 120 valence electrons. The lowest BCUT2D eigenvalue weighted by atomic mass is 9.78. The molecule has 2 N–H and O–H groups in total. The third kappa shape index (κ3) is 3.66. The lowest BCUT2D eigenvalue weighted by Crippen LogP contribution is -3.18. The van der Waals surface area contributed by atoms with E-state index in [-0.39, 0.29) is 5.91 Å². The van der Waals surface area contributed by atoms with Gasteiger partial charge in [-0.15, -0.1) is 11.8 Å². The van der Waals surface area contributed by atoms with Crippen LogP contribution in [-0.4, -0.2) is 31.3 Å². The monoisotopic (exact) mass is 319 g/mol. The Balaban J connectivity index is 1.61. The van der Waals surface area contributed by atoms with Crippen LogP contribution in [0.4, 0.5) is 5.69 Å². The number of carbonyl (C=O) groups is 1. The molecule has 3 rings (SSSR count). The Morgan fingerprint density at radius 1 is 1.23 bits per heavy atom. The fourth-order valence-electron chi connectivity index (χ4n) is 4.24. The average molecular weight is 319 g/mol. The number of amides is 1. The Morgan fingerprint density at radius 3 is 2.86 bits per heavy atom. The van der Waals surface area contributed by atoms with Gasteiger partial charge in [0.25, 0.3) is 5.91 Å². The third-order valence-corrected chi connectivity index (χ3v) is 6.07. The number of hydrogen-bond donors (Lipinski definition) is 2. The van der Waals surface area contributed by atoms with Gasteiger partial charge in [0.15, 0.2) is 6.54 Å². The first-order valence-corrected chi connectivity index (χ1v) is 9.78. The SMILES string of the molecule is CSc1ccccc1NC(=O)C[NH+]1CCC[C@@H]2CCCC[C@@H]21. The Morgan fingerprint density at radius 2 is 2.00 bits per heavy atom. The van der Waals surface area contributed by atoms with Crippen LogP contribution in [-0.2, 0) is 4.79 Å². The number of carbonyl (C=O) groups excluding carboxylic acids is 1. The number of likely N-dealkylation sites (tertiary alicyclic amines) is 1. The van der Waals surface area contributed by atoms with Crippen molar-refractivity contribution in [2.45, 2.75) is 49.5 Å². The maximum atomic E-state index is 12.5. The van der Waals surface area contributed by atoms with Crippen molar-refractivity contribution in [3.63, 3.8) is 0 Å². The zero-order valence-electron chi connectivity index (χ0n) is 13.4. The number of nitrogens with one attached hydrogen (secondary N) is 2. The molecular weight excluding hydrogens is 292 g/mol. The number of thioether (sulfide) groups is 1. The van der Waals surface area contributed by atoms with Crippen LogP contribution in [0, 0.1) is 5.92 Å². The molecule has 0 bridgehead atoms. The number of piperidine rings is 1. The average Bonchev–Trinajstić information content (AvgIpc) is 2.55. The summed E-state index contributed by atoms with van der Waals surface area (Å²) in [6.07, 6.45) is 10.1. The molecular formula is C18H27N2OS+. The standard InChI is InChI=1S/C18H26N2OS/c1-22-17-11-5-3-9-15(17)19-18(21)13-20-12-6-8-14-7-2-4-10-16(14)20/h3,5,9,11,14,16H,2,4,6-8,10,12-13H2,1H3,(H,19,21)/p+1/t14-,16-/m0/s1. The van der Waals surface area contributed by atoms with Crippen molar-refractivity contribution in [3.05, 3.63) is 24.3 Å². The Kier molecular flexibility index (Phi) is 5.42. The van der Waals surface area contributed by atoms with E-state index in [1.165, 1.54) is 50.0 Å². The number of hydrogen-bond acceptors (Lipinski definition) is 2. The number of fused-ring (bicyclic) bond motifs is 1. The summed E-state index contributed by atoms with van der Waals surface area (Å²) in [5.74, 6) is 1.03. The molecule has 3 atom stereocenters. The summed E-state index contributed by atoms with van der Waals surface area (Å²) in [4.78, 5) is 15.1. The van der Waals surface area contributed by atoms with Crippen LogP contribution in [0.2, 0.25) is 0 Å². The molecule has 1 saturated carbocycles. The first-order chi connectivity index (χ1) is 10.8. The van der Waals surface area contributed by atoms with E-state index in [9.17, 15) is 4.79 Å². The maximum Gasteiger partial charge on any atom is 0.279 e. The van der Waals surface area contributed by atoms with E-state index >= 15 is 0 Å². The van der Waals surface area contributed by atoms with Crippen LogP contribution in [0.15, 0.2) is 29.2 Å². The molecule has 3 nitrogen and oxygen atoms in total. The minimum atomic E-state index is 0.169. The smallest absolute Gasteiger partial charge is 0.279 e. The number of anilines is 1. The normalized spacial score (nSPS) is 28.0. The first kappa shape index (κ1) is 15.9. The molecule has 0 radical (unpaired) electrons. The highest BCUT2D eigenvalue weighted by atomic mass is 32.2. The molecule has 2 fully saturated rings. The van der Waals surface area contributed by atoms with E-state index in [1.807, 2.05) is 24.5 Å². The minimum Gasteiger partial charge on any atom is -0.324 e. The maximum absolute atomic E-state index is 12.5. The van der Waals surface area contributed by atoms with Gasteiger partial charge in [-0.25, -0.2) is 0 Å². The lowest BCUT2D eigenvalue weighted by Gasteiger charge is -2.40. The second kappa shape index (κ2) is 7.51. The zero-order chi connectivity index (χ0) is 15.4. The Bertz CT molecular complexity index is 518. The molecule has 22 heavy (non-hydrogen) atoms. The van der Waals surface area contributed by atoms with Crippen molar-refractivity contribution in [2.75, 3.05) is 24.7 Å². The van der Waals surface area contributed by atoms with Crippen molar-refractivity contribution in [1.82, 2.24) is 0 Å². The van der Waals surface area contributed by atoms with Crippen molar-refractivity contribution in [3.8, 4) is 0 Å². The quantitative estimate of drug-likeness (QED) is 0.837. The van der Waals surface area contributed by atoms with E-state index in [2.05, 4.69) is 11.4 Å². The highest BCUT2D eigenvalue weighted by Gasteiger charge is 2.37. The van der Waals surface area contributed by atoms with Crippen molar-refractivity contribution in [2.24, 2.45) is 5.92 Å². The van der Waals surface area contributed by atoms with E-state index in [0.29, 0.717) is 6.54 Å². The Hall–Kier alpha value is -1.00. The zero-order valence-corrected chi connectivity index (χ0v) is 14.3. The van der Waals surface area contributed by atoms with Crippen molar-refractivity contribution >= 4 is 23.4 Å². The summed E-state index contributed by atoms with van der Waals surface area (Å²) in [5, 5.41) is 3.12.